The fourth-order valence-electron chi connectivity index (χ4n) is 3.79. The standard InChI is InChI=1S/C23H28N4O3/c1-16-11-12-19(25-22(30)24-18-9-5-3-6-10-18)15-20(16)26-21(29)23(27-17(2)28)13-7-4-8-14-23/h3,5-6,9-12,15H,4,7-8,13-14H2,1-2H3,(H,26,29)(H,27,28)(H2,24,25,30). The average Bonchev–Trinajstić information content (AvgIpc) is 2.71. The highest BCUT2D eigenvalue weighted by Crippen LogP contribution is 2.30. The number of hydrogen-bond donors (Lipinski definition) is 4. The molecule has 7 heteroatoms. The van der Waals surface area contributed by atoms with Crippen molar-refractivity contribution >= 4 is 34.9 Å². The minimum Gasteiger partial charge on any atom is -0.342 e. The molecule has 0 spiro atoms. The maximum Gasteiger partial charge on any atom is 0.323 e. The van der Waals surface area contributed by atoms with Crippen LogP contribution in [0, 0.1) is 6.92 Å². The lowest BCUT2D eigenvalue weighted by Gasteiger charge is -2.36. The number of carbonyl (C=O) groups excluding carboxylic acids is 3. The summed E-state index contributed by atoms with van der Waals surface area (Å²) in [6.07, 6.45) is 4.09. The molecule has 0 bridgehead atoms. The zero-order valence-electron chi connectivity index (χ0n) is 17.4. The summed E-state index contributed by atoms with van der Waals surface area (Å²) in [7, 11) is 0. The number of para-hydroxylation sites is 1. The van der Waals surface area contributed by atoms with Gasteiger partial charge in [-0.2, -0.15) is 0 Å². The molecule has 4 amide bonds. The number of hydrogen-bond acceptors (Lipinski definition) is 3. The zero-order chi connectivity index (χ0) is 21.6. The number of urea groups is 1. The fourth-order valence-corrected chi connectivity index (χ4v) is 3.79. The van der Waals surface area contributed by atoms with Crippen LogP contribution in [0.1, 0.15) is 44.6 Å². The predicted molar refractivity (Wildman–Crippen MR) is 119 cm³/mol. The molecular formula is C23H28N4O3. The van der Waals surface area contributed by atoms with Crippen molar-refractivity contribution in [2.24, 2.45) is 0 Å². The Morgan fingerprint density at radius 3 is 2.17 bits per heavy atom. The first kappa shape index (κ1) is 21.4. The van der Waals surface area contributed by atoms with Crippen LogP contribution in [-0.2, 0) is 9.59 Å². The summed E-state index contributed by atoms with van der Waals surface area (Å²) >= 11 is 0. The van der Waals surface area contributed by atoms with Gasteiger partial charge in [0.15, 0.2) is 0 Å². The van der Waals surface area contributed by atoms with Crippen LogP contribution in [0.15, 0.2) is 48.5 Å². The molecule has 2 aromatic carbocycles. The summed E-state index contributed by atoms with van der Waals surface area (Å²) in [5.74, 6) is -0.428. The molecule has 1 saturated carbocycles. The second-order valence-corrected chi connectivity index (χ2v) is 7.75. The van der Waals surface area contributed by atoms with E-state index >= 15 is 0 Å². The summed E-state index contributed by atoms with van der Waals surface area (Å²) in [6, 6.07) is 14.1. The highest BCUT2D eigenvalue weighted by atomic mass is 16.2. The van der Waals surface area contributed by atoms with Crippen molar-refractivity contribution in [3.05, 3.63) is 54.1 Å². The molecule has 0 radical (unpaired) electrons. The monoisotopic (exact) mass is 408 g/mol. The zero-order valence-corrected chi connectivity index (χ0v) is 17.4. The Morgan fingerprint density at radius 1 is 0.833 bits per heavy atom. The van der Waals surface area contributed by atoms with E-state index in [4.69, 9.17) is 0 Å². The molecule has 0 aliphatic heterocycles. The average molecular weight is 409 g/mol. The third kappa shape index (κ3) is 5.37. The summed E-state index contributed by atoms with van der Waals surface area (Å²) < 4.78 is 0. The third-order valence-electron chi connectivity index (χ3n) is 5.33. The molecule has 7 nitrogen and oxygen atoms in total. The Kier molecular flexibility index (Phi) is 6.72. The van der Waals surface area contributed by atoms with E-state index in [0.29, 0.717) is 29.9 Å². The minimum absolute atomic E-state index is 0.211. The van der Waals surface area contributed by atoms with Crippen molar-refractivity contribution in [2.45, 2.75) is 51.5 Å². The maximum atomic E-state index is 13.1. The lowest BCUT2D eigenvalue weighted by Crippen LogP contribution is -2.57. The number of anilines is 3. The first-order valence-electron chi connectivity index (χ1n) is 10.2. The quantitative estimate of drug-likeness (QED) is 0.589. The highest BCUT2D eigenvalue weighted by Gasteiger charge is 2.40. The molecule has 2 aromatic rings. The lowest BCUT2D eigenvalue weighted by atomic mass is 9.80. The van der Waals surface area contributed by atoms with Gasteiger partial charge >= 0.3 is 6.03 Å². The van der Waals surface area contributed by atoms with Crippen LogP contribution in [0.4, 0.5) is 21.9 Å². The Bertz CT molecular complexity index is 921. The second-order valence-electron chi connectivity index (χ2n) is 7.75. The number of amides is 4. The lowest BCUT2D eigenvalue weighted by molar-refractivity contribution is -0.130. The van der Waals surface area contributed by atoms with Crippen LogP contribution in [0.25, 0.3) is 0 Å². The van der Waals surface area contributed by atoms with Crippen molar-refractivity contribution in [2.75, 3.05) is 16.0 Å². The van der Waals surface area contributed by atoms with Gasteiger partial charge in [-0.15, -0.1) is 0 Å². The Labute approximate surface area is 176 Å². The van der Waals surface area contributed by atoms with Crippen LogP contribution in [0.3, 0.4) is 0 Å². The molecule has 0 atom stereocenters. The van der Waals surface area contributed by atoms with E-state index in [-0.39, 0.29) is 17.8 Å². The van der Waals surface area contributed by atoms with Gasteiger partial charge in [-0.25, -0.2) is 4.79 Å². The molecule has 0 aromatic heterocycles. The van der Waals surface area contributed by atoms with Crippen LogP contribution >= 0.6 is 0 Å². The third-order valence-corrected chi connectivity index (χ3v) is 5.33. The van der Waals surface area contributed by atoms with Crippen molar-refractivity contribution in [1.29, 1.82) is 0 Å². The minimum atomic E-state index is -0.884. The molecule has 4 N–H and O–H groups in total. The number of nitrogens with one attached hydrogen (secondary N) is 4. The molecule has 0 unspecified atom stereocenters. The molecule has 1 aliphatic carbocycles. The van der Waals surface area contributed by atoms with Crippen molar-refractivity contribution in [3.63, 3.8) is 0 Å². The first-order valence-corrected chi connectivity index (χ1v) is 10.2. The number of aryl methyl sites for hydroxylation is 1. The van der Waals surface area contributed by atoms with Crippen LogP contribution in [0.2, 0.25) is 0 Å². The summed E-state index contributed by atoms with van der Waals surface area (Å²) in [4.78, 5) is 37.1. The van der Waals surface area contributed by atoms with Gasteiger partial charge in [0.2, 0.25) is 11.8 Å². The van der Waals surface area contributed by atoms with Crippen LogP contribution in [-0.4, -0.2) is 23.4 Å². The summed E-state index contributed by atoms with van der Waals surface area (Å²) in [6.45, 7) is 3.32. The van der Waals surface area contributed by atoms with E-state index in [1.54, 1.807) is 24.3 Å². The van der Waals surface area contributed by atoms with Crippen molar-refractivity contribution < 1.29 is 14.4 Å². The van der Waals surface area contributed by atoms with E-state index in [2.05, 4.69) is 21.3 Å². The number of carbonyl (C=O) groups is 3. The molecule has 0 saturated heterocycles. The van der Waals surface area contributed by atoms with Gasteiger partial charge in [-0.3, -0.25) is 9.59 Å². The molecule has 3 rings (SSSR count). The van der Waals surface area contributed by atoms with Gasteiger partial charge in [-0.05, 0) is 49.6 Å². The Hall–Kier alpha value is -3.35. The Morgan fingerprint density at radius 2 is 1.50 bits per heavy atom. The fraction of sp³-hybridized carbons (Fsp3) is 0.348. The van der Waals surface area contributed by atoms with E-state index in [9.17, 15) is 14.4 Å². The highest BCUT2D eigenvalue weighted by molar-refractivity contribution is 6.03. The molecule has 158 valence electrons. The maximum absolute atomic E-state index is 13.1. The van der Waals surface area contributed by atoms with Crippen molar-refractivity contribution in [1.82, 2.24) is 5.32 Å². The van der Waals surface area contributed by atoms with Gasteiger partial charge in [0.05, 0.1) is 0 Å². The topological polar surface area (TPSA) is 99.3 Å². The molecule has 30 heavy (non-hydrogen) atoms. The second kappa shape index (κ2) is 9.43. The van der Waals surface area contributed by atoms with E-state index in [0.717, 1.165) is 24.8 Å². The predicted octanol–water partition coefficient (Wildman–Crippen LogP) is 4.42. The smallest absolute Gasteiger partial charge is 0.323 e. The molecule has 1 aliphatic rings. The largest absolute Gasteiger partial charge is 0.342 e. The van der Waals surface area contributed by atoms with Gasteiger partial charge in [0, 0.05) is 24.0 Å². The molecular weight excluding hydrogens is 380 g/mol. The molecule has 0 heterocycles. The van der Waals surface area contributed by atoms with E-state index in [1.165, 1.54) is 6.92 Å². The van der Waals surface area contributed by atoms with Gasteiger partial charge in [0.25, 0.3) is 0 Å². The van der Waals surface area contributed by atoms with Gasteiger partial charge in [-0.1, -0.05) is 43.5 Å². The summed E-state index contributed by atoms with van der Waals surface area (Å²) in [5.41, 5.74) is 1.83. The SMILES string of the molecule is CC(=O)NC1(C(=O)Nc2cc(NC(=O)Nc3ccccc3)ccc2C)CCCCC1. The van der Waals surface area contributed by atoms with Crippen molar-refractivity contribution in [3.8, 4) is 0 Å². The van der Waals surface area contributed by atoms with Gasteiger partial charge < -0.3 is 21.3 Å². The van der Waals surface area contributed by atoms with Gasteiger partial charge in [0.1, 0.15) is 5.54 Å². The van der Waals surface area contributed by atoms with Crippen LogP contribution in [0.5, 0.6) is 0 Å². The molecule has 1 fully saturated rings. The van der Waals surface area contributed by atoms with E-state index < -0.39 is 5.54 Å². The van der Waals surface area contributed by atoms with E-state index in [1.807, 2.05) is 31.2 Å². The number of benzene rings is 2. The first-order chi connectivity index (χ1) is 14.4. The number of rotatable bonds is 5. The summed E-state index contributed by atoms with van der Waals surface area (Å²) in [5, 5.41) is 11.4. The normalized spacial score (nSPS) is 15.0. The van der Waals surface area contributed by atoms with Crippen LogP contribution < -0.4 is 21.3 Å². The Balaban J connectivity index is 1.72.